The van der Waals surface area contributed by atoms with Gasteiger partial charge in [-0.3, -0.25) is 0 Å². The lowest BCUT2D eigenvalue weighted by atomic mass is 10.00. The molecule has 0 heterocycles. The molecule has 0 atom stereocenters. The molecular weight excluding hydrogens is 388 g/mol. The van der Waals surface area contributed by atoms with E-state index in [1.807, 2.05) is 13.8 Å². The van der Waals surface area contributed by atoms with Gasteiger partial charge in [0.1, 0.15) is 11.5 Å². The van der Waals surface area contributed by atoms with Gasteiger partial charge in [0, 0.05) is 18.8 Å². The number of unbranched alkanes of at least 4 members (excludes halogenated alkanes) is 2. The number of ether oxygens (including phenoxy) is 4. The van der Waals surface area contributed by atoms with E-state index < -0.39 is 0 Å². The van der Waals surface area contributed by atoms with Crippen molar-refractivity contribution in [2.75, 3.05) is 26.8 Å². The summed E-state index contributed by atoms with van der Waals surface area (Å²) in [6.07, 6.45) is 12.1. The Bertz CT molecular complexity index is 641. The molecule has 176 valence electrons. The summed E-state index contributed by atoms with van der Waals surface area (Å²) in [5.74, 6) is 1.70. The summed E-state index contributed by atoms with van der Waals surface area (Å²) in [5, 5.41) is 0. The second-order valence-corrected chi connectivity index (χ2v) is 8.11. The van der Waals surface area contributed by atoms with Gasteiger partial charge in [-0.25, -0.2) is 0 Å². The SMILES string of the molecule is CCCCCc1cc(OCOCC)c(C/C=C(\C)CCC=C(C)C)c(OCOCC)c1. The van der Waals surface area contributed by atoms with Crippen molar-refractivity contribution in [3.05, 3.63) is 46.6 Å². The van der Waals surface area contributed by atoms with E-state index >= 15 is 0 Å². The van der Waals surface area contributed by atoms with Crippen molar-refractivity contribution in [2.45, 2.75) is 86.5 Å². The summed E-state index contributed by atoms with van der Waals surface area (Å²) in [6, 6.07) is 4.31. The molecule has 4 heteroatoms. The van der Waals surface area contributed by atoms with E-state index in [1.54, 1.807) is 0 Å². The van der Waals surface area contributed by atoms with Crippen LogP contribution in [0.3, 0.4) is 0 Å². The topological polar surface area (TPSA) is 36.9 Å². The van der Waals surface area contributed by atoms with Gasteiger partial charge in [-0.1, -0.05) is 43.1 Å². The van der Waals surface area contributed by atoms with Gasteiger partial charge < -0.3 is 18.9 Å². The zero-order valence-corrected chi connectivity index (χ0v) is 20.7. The molecule has 0 N–H and O–H groups in total. The van der Waals surface area contributed by atoms with Crippen molar-refractivity contribution < 1.29 is 18.9 Å². The maximum absolute atomic E-state index is 6.03. The van der Waals surface area contributed by atoms with Gasteiger partial charge in [0.05, 0.1) is 0 Å². The van der Waals surface area contributed by atoms with Crippen molar-refractivity contribution in [3.8, 4) is 11.5 Å². The fourth-order valence-corrected chi connectivity index (χ4v) is 3.20. The summed E-state index contributed by atoms with van der Waals surface area (Å²) in [7, 11) is 0. The predicted molar refractivity (Wildman–Crippen MR) is 130 cm³/mol. The molecule has 0 saturated heterocycles. The van der Waals surface area contributed by atoms with Crippen LogP contribution in [-0.2, 0) is 22.3 Å². The summed E-state index contributed by atoms with van der Waals surface area (Å²) in [6.45, 7) is 14.4. The Labute approximate surface area is 190 Å². The highest BCUT2D eigenvalue weighted by molar-refractivity contribution is 5.49. The minimum atomic E-state index is 0.246. The van der Waals surface area contributed by atoms with Gasteiger partial charge in [-0.15, -0.1) is 0 Å². The number of rotatable bonds is 17. The van der Waals surface area contributed by atoms with E-state index in [9.17, 15) is 0 Å². The fraction of sp³-hybridized carbons (Fsp3) is 0.630. The van der Waals surface area contributed by atoms with Gasteiger partial charge in [0.25, 0.3) is 0 Å². The zero-order valence-electron chi connectivity index (χ0n) is 20.7. The Hall–Kier alpha value is -1.78. The third-order valence-electron chi connectivity index (χ3n) is 5.05. The number of hydrogen-bond donors (Lipinski definition) is 0. The number of benzene rings is 1. The first-order valence-corrected chi connectivity index (χ1v) is 11.9. The van der Waals surface area contributed by atoms with Gasteiger partial charge >= 0.3 is 0 Å². The van der Waals surface area contributed by atoms with Crippen molar-refractivity contribution in [1.29, 1.82) is 0 Å². The molecule has 0 bridgehead atoms. The van der Waals surface area contributed by atoms with E-state index in [2.05, 4.69) is 52.0 Å². The highest BCUT2D eigenvalue weighted by Crippen LogP contribution is 2.33. The standard InChI is InChI=1S/C27H44O4/c1-7-10-11-15-24-18-26(30-20-28-8-2)25(27(19-24)31-21-29-9-3)17-16-23(6)14-12-13-22(4)5/h13,16,18-19H,7-12,14-15,17,20-21H2,1-6H3/b23-16+. The highest BCUT2D eigenvalue weighted by Gasteiger charge is 2.14. The Balaban J connectivity index is 3.12. The first-order valence-electron chi connectivity index (χ1n) is 11.9. The summed E-state index contributed by atoms with van der Waals surface area (Å²) < 4.78 is 23.0. The summed E-state index contributed by atoms with van der Waals surface area (Å²) in [5.41, 5.74) is 5.03. The molecule has 0 saturated carbocycles. The third kappa shape index (κ3) is 12.0. The number of allylic oxidation sites excluding steroid dienone is 4. The lowest BCUT2D eigenvalue weighted by molar-refractivity contribution is 0.0171. The van der Waals surface area contributed by atoms with Gasteiger partial charge in [0.2, 0.25) is 0 Å². The molecule has 1 aromatic rings. The average molecular weight is 433 g/mol. The normalized spacial score (nSPS) is 11.5. The lowest BCUT2D eigenvalue weighted by Crippen LogP contribution is -2.09. The molecule has 31 heavy (non-hydrogen) atoms. The van der Waals surface area contributed by atoms with Crippen LogP contribution in [0.5, 0.6) is 11.5 Å². The van der Waals surface area contributed by atoms with Crippen LogP contribution < -0.4 is 9.47 Å². The predicted octanol–water partition coefficient (Wildman–Crippen LogP) is 7.40. The number of hydrogen-bond acceptors (Lipinski definition) is 4. The van der Waals surface area contributed by atoms with E-state index in [0.29, 0.717) is 13.2 Å². The average Bonchev–Trinajstić information content (AvgIpc) is 2.73. The molecule has 0 aliphatic rings. The molecule has 4 nitrogen and oxygen atoms in total. The molecule has 0 aromatic heterocycles. The maximum Gasteiger partial charge on any atom is 0.189 e. The molecule has 0 aliphatic heterocycles. The van der Waals surface area contributed by atoms with Crippen LogP contribution in [0.1, 0.15) is 84.8 Å². The van der Waals surface area contributed by atoms with Crippen LogP contribution in [0.25, 0.3) is 0 Å². The maximum atomic E-state index is 6.03. The van der Waals surface area contributed by atoms with Crippen LogP contribution in [0.15, 0.2) is 35.4 Å². The molecule has 0 aliphatic carbocycles. The van der Waals surface area contributed by atoms with E-state index in [-0.39, 0.29) is 13.6 Å². The highest BCUT2D eigenvalue weighted by atomic mass is 16.7. The second kappa shape index (κ2) is 16.9. The van der Waals surface area contributed by atoms with Crippen LogP contribution >= 0.6 is 0 Å². The van der Waals surface area contributed by atoms with Crippen molar-refractivity contribution in [1.82, 2.24) is 0 Å². The van der Waals surface area contributed by atoms with Crippen LogP contribution in [0.2, 0.25) is 0 Å². The quantitative estimate of drug-likeness (QED) is 0.146. The minimum absolute atomic E-state index is 0.246. The molecule has 0 spiro atoms. The number of aryl methyl sites for hydroxylation is 1. The van der Waals surface area contributed by atoms with E-state index in [0.717, 1.165) is 49.2 Å². The van der Waals surface area contributed by atoms with Gasteiger partial charge in [-0.05, 0) is 84.4 Å². The molecule has 0 fully saturated rings. The minimum Gasteiger partial charge on any atom is -0.467 e. The van der Waals surface area contributed by atoms with Gasteiger partial charge in [0.15, 0.2) is 13.6 Å². The monoisotopic (exact) mass is 432 g/mol. The molecular formula is C27H44O4. The zero-order chi connectivity index (χ0) is 22.9. The van der Waals surface area contributed by atoms with E-state index in [4.69, 9.17) is 18.9 Å². The van der Waals surface area contributed by atoms with Crippen molar-refractivity contribution in [2.24, 2.45) is 0 Å². The Morgan fingerprint density at radius 2 is 1.45 bits per heavy atom. The lowest BCUT2D eigenvalue weighted by Gasteiger charge is -2.18. The molecule has 0 radical (unpaired) electrons. The van der Waals surface area contributed by atoms with Crippen molar-refractivity contribution >= 4 is 0 Å². The fourth-order valence-electron chi connectivity index (χ4n) is 3.20. The van der Waals surface area contributed by atoms with Gasteiger partial charge in [-0.2, -0.15) is 0 Å². The van der Waals surface area contributed by atoms with Crippen LogP contribution in [0.4, 0.5) is 0 Å². The molecule has 1 rings (SSSR count). The summed E-state index contributed by atoms with van der Waals surface area (Å²) in [4.78, 5) is 0. The Morgan fingerprint density at radius 1 is 0.839 bits per heavy atom. The first-order chi connectivity index (χ1) is 15.0. The van der Waals surface area contributed by atoms with Crippen LogP contribution in [0, 0.1) is 0 Å². The molecule has 0 amide bonds. The van der Waals surface area contributed by atoms with E-state index in [1.165, 1.54) is 29.6 Å². The molecule has 1 aromatic carbocycles. The molecule has 0 unspecified atom stereocenters. The smallest absolute Gasteiger partial charge is 0.189 e. The van der Waals surface area contributed by atoms with Crippen LogP contribution in [-0.4, -0.2) is 26.8 Å². The Morgan fingerprint density at radius 3 is 1.97 bits per heavy atom. The first kappa shape index (κ1) is 27.3. The Kier molecular flexibility index (Phi) is 14.8. The third-order valence-corrected chi connectivity index (χ3v) is 5.05. The second-order valence-electron chi connectivity index (χ2n) is 8.11. The largest absolute Gasteiger partial charge is 0.467 e. The van der Waals surface area contributed by atoms with Crippen molar-refractivity contribution in [3.63, 3.8) is 0 Å². The summed E-state index contributed by atoms with van der Waals surface area (Å²) >= 11 is 0.